The summed E-state index contributed by atoms with van der Waals surface area (Å²) in [6.07, 6.45) is 5.61. The minimum absolute atomic E-state index is 0.150. The number of aromatic nitrogens is 2. The van der Waals surface area contributed by atoms with Crippen molar-refractivity contribution in [1.29, 1.82) is 0 Å². The van der Waals surface area contributed by atoms with Crippen molar-refractivity contribution in [2.24, 2.45) is 0 Å². The first-order chi connectivity index (χ1) is 18.9. The second-order valence-electron chi connectivity index (χ2n) is 10.2. The molecule has 1 aliphatic rings. The molecule has 1 atom stereocenters. The van der Waals surface area contributed by atoms with Crippen molar-refractivity contribution in [3.63, 3.8) is 0 Å². The number of hydrogen-bond donors (Lipinski definition) is 1. The van der Waals surface area contributed by atoms with Crippen molar-refractivity contribution < 1.29 is 0 Å². The van der Waals surface area contributed by atoms with E-state index >= 15 is 0 Å². The average molecular weight is 487 g/mol. The summed E-state index contributed by atoms with van der Waals surface area (Å²) in [7, 11) is 0. The zero-order chi connectivity index (χ0) is 25.1. The fourth-order valence-electron chi connectivity index (χ4n) is 6.50. The van der Waals surface area contributed by atoms with Crippen LogP contribution in [0.5, 0.6) is 0 Å². The van der Waals surface area contributed by atoms with E-state index in [4.69, 9.17) is 0 Å². The van der Waals surface area contributed by atoms with E-state index in [9.17, 15) is 0 Å². The van der Waals surface area contributed by atoms with Gasteiger partial charge in [-0.3, -0.25) is 0 Å². The highest BCUT2D eigenvalue weighted by molar-refractivity contribution is 6.22. The third kappa shape index (κ3) is 3.07. The summed E-state index contributed by atoms with van der Waals surface area (Å²) in [5.41, 5.74) is 10.1. The first-order valence-electron chi connectivity index (χ1n) is 13.3. The first kappa shape index (κ1) is 21.3. The molecule has 0 bridgehead atoms. The van der Waals surface area contributed by atoms with Gasteiger partial charge in [0, 0.05) is 32.6 Å². The monoisotopic (exact) mass is 486 g/mol. The Labute approximate surface area is 221 Å². The van der Waals surface area contributed by atoms with Gasteiger partial charge in [-0.15, -0.1) is 0 Å². The van der Waals surface area contributed by atoms with Crippen molar-refractivity contribution >= 4 is 54.8 Å². The number of fused-ring (bicyclic) bond motifs is 7. The molecule has 5 aromatic carbocycles. The molecule has 1 N–H and O–H groups in total. The van der Waals surface area contributed by atoms with Gasteiger partial charge in [-0.05, 0) is 40.8 Å². The lowest BCUT2D eigenvalue weighted by molar-refractivity contribution is 0.668. The number of nitrogens with one attached hydrogen (secondary N) is 1. The van der Waals surface area contributed by atoms with Crippen LogP contribution < -0.4 is 0 Å². The van der Waals surface area contributed by atoms with Crippen molar-refractivity contribution in [3.8, 4) is 0 Å². The molecule has 0 aliphatic heterocycles. The van der Waals surface area contributed by atoms with Gasteiger partial charge >= 0.3 is 0 Å². The van der Waals surface area contributed by atoms with Crippen LogP contribution in [0.3, 0.4) is 0 Å². The molecule has 0 saturated heterocycles. The molecule has 2 heteroatoms. The Balaban J connectivity index is 1.52. The van der Waals surface area contributed by atoms with Gasteiger partial charge in [0.25, 0.3) is 0 Å². The molecule has 1 unspecified atom stereocenters. The van der Waals surface area contributed by atoms with Gasteiger partial charge in [0.1, 0.15) is 0 Å². The largest absolute Gasteiger partial charge is 0.353 e. The van der Waals surface area contributed by atoms with E-state index in [-0.39, 0.29) is 6.04 Å². The lowest BCUT2D eigenvalue weighted by atomic mass is 9.84. The average Bonchev–Trinajstić information content (AvgIpc) is 3.54. The van der Waals surface area contributed by atoms with E-state index < -0.39 is 0 Å². The molecule has 0 saturated carbocycles. The van der Waals surface area contributed by atoms with E-state index in [1.165, 1.54) is 65.9 Å². The summed E-state index contributed by atoms with van der Waals surface area (Å²) in [6, 6.07) is 44.0. The Morgan fingerprint density at radius 2 is 1.24 bits per heavy atom. The molecule has 180 valence electrons. The molecular weight excluding hydrogens is 460 g/mol. The Morgan fingerprint density at radius 1 is 0.579 bits per heavy atom. The highest BCUT2D eigenvalue weighted by Crippen LogP contribution is 2.46. The Morgan fingerprint density at radius 3 is 2.05 bits per heavy atom. The van der Waals surface area contributed by atoms with Crippen LogP contribution in [-0.2, 0) is 0 Å². The number of allylic oxidation sites excluding steroid dienone is 4. The van der Waals surface area contributed by atoms with Gasteiger partial charge in [0.2, 0.25) is 0 Å². The lowest BCUT2D eigenvalue weighted by Gasteiger charge is -2.29. The van der Waals surface area contributed by atoms with Crippen LogP contribution in [0.4, 0.5) is 0 Å². The Hall–Kier alpha value is -4.82. The third-order valence-electron chi connectivity index (χ3n) is 8.10. The van der Waals surface area contributed by atoms with Crippen molar-refractivity contribution in [2.75, 3.05) is 0 Å². The second-order valence-corrected chi connectivity index (χ2v) is 10.2. The summed E-state index contributed by atoms with van der Waals surface area (Å²) in [6.45, 7) is 0. The molecule has 38 heavy (non-hydrogen) atoms. The minimum Gasteiger partial charge on any atom is -0.353 e. The molecule has 1 aliphatic carbocycles. The van der Waals surface area contributed by atoms with Gasteiger partial charge < -0.3 is 9.55 Å². The zero-order valence-corrected chi connectivity index (χ0v) is 20.9. The number of benzene rings is 5. The van der Waals surface area contributed by atoms with E-state index in [0.29, 0.717) is 0 Å². The predicted octanol–water partition coefficient (Wildman–Crippen LogP) is 9.54. The van der Waals surface area contributed by atoms with E-state index in [0.717, 1.165) is 6.42 Å². The summed E-state index contributed by atoms with van der Waals surface area (Å²) in [4.78, 5) is 3.80. The molecule has 2 aromatic heterocycles. The molecule has 2 heterocycles. The Kier molecular flexibility index (Phi) is 4.68. The van der Waals surface area contributed by atoms with Crippen LogP contribution in [0.2, 0.25) is 0 Å². The number of aromatic amines is 1. The van der Waals surface area contributed by atoms with Gasteiger partial charge in [-0.25, -0.2) is 0 Å². The van der Waals surface area contributed by atoms with Gasteiger partial charge in [-0.2, -0.15) is 0 Å². The maximum Gasteiger partial charge on any atom is 0.0742 e. The highest BCUT2D eigenvalue weighted by atomic mass is 15.0. The molecule has 0 fully saturated rings. The Bertz CT molecular complexity index is 2040. The standard InChI is InChI=1S/C36H26N2/c1-3-12-24(13-4-1)26-18-11-21-33(34(26)25-14-5-2-6-15-25)38-32-20-10-8-17-28(32)30-23-22-29-27-16-7-9-19-31(27)37-35(29)36(30)38/h1-20,22-23,33,37H,21H2. The van der Waals surface area contributed by atoms with E-state index in [1.54, 1.807) is 0 Å². The molecule has 0 radical (unpaired) electrons. The number of nitrogens with zero attached hydrogens (tertiary/aromatic N) is 1. The van der Waals surface area contributed by atoms with Crippen molar-refractivity contribution in [1.82, 2.24) is 9.55 Å². The number of rotatable bonds is 3. The summed E-state index contributed by atoms with van der Waals surface area (Å²) >= 11 is 0. The molecule has 2 nitrogen and oxygen atoms in total. The molecule has 8 rings (SSSR count). The topological polar surface area (TPSA) is 20.7 Å². The predicted molar refractivity (Wildman–Crippen MR) is 161 cm³/mol. The molecular formula is C36H26N2. The summed E-state index contributed by atoms with van der Waals surface area (Å²) in [5.74, 6) is 0. The normalized spacial score (nSPS) is 15.8. The van der Waals surface area contributed by atoms with Crippen LogP contribution in [0, 0.1) is 0 Å². The van der Waals surface area contributed by atoms with Gasteiger partial charge in [0.05, 0.1) is 17.1 Å². The molecule has 0 spiro atoms. The van der Waals surface area contributed by atoms with Crippen molar-refractivity contribution in [3.05, 3.63) is 145 Å². The first-order valence-corrected chi connectivity index (χ1v) is 13.3. The van der Waals surface area contributed by atoms with Crippen LogP contribution >= 0.6 is 0 Å². The SMILES string of the molecule is C1=CC(c2ccccc2)=C(c2ccccc2)C(n2c3ccccc3c3ccc4c5ccccc5[nH]c4c32)C1. The highest BCUT2D eigenvalue weighted by Gasteiger charge is 2.28. The smallest absolute Gasteiger partial charge is 0.0742 e. The van der Waals surface area contributed by atoms with Gasteiger partial charge in [0.15, 0.2) is 0 Å². The molecule has 0 amide bonds. The van der Waals surface area contributed by atoms with Crippen LogP contribution in [-0.4, -0.2) is 9.55 Å². The number of para-hydroxylation sites is 2. The van der Waals surface area contributed by atoms with Crippen molar-refractivity contribution in [2.45, 2.75) is 12.5 Å². The second kappa shape index (κ2) is 8.36. The minimum atomic E-state index is 0.150. The van der Waals surface area contributed by atoms with Crippen LogP contribution in [0.15, 0.2) is 133 Å². The fraction of sp³-hybridized carbons (Fsp3) is 0.0556. The summed E-state index contributed by atoms with van der Waals surface area (Å²) < 4.78 is 2.61. The summed E-state index contributed by atoms with van der Waals surface area (Å²) in [5, 5.41) is 5.14. The third-order valence-corrected chi connectivity index (χ3v) is 8.10. The number of H-pyrrole nitrogens is 1. The number of hydrogen-bond acceptors (Lipinski definition) is 0. The molecule has 7 aromatic rings. The van der Waals surface area contributed by atoms with Gasteiger partial charge in [-0.1, -0.05) is 121 Å². The maximum absolute atomic E-state index is 3.80. The quantitative estimate of drug-likeness (QED) is 0.257. The van der Waals surface area contributed by atoms with Crippen LogP contribution in [0.25, 0.3) is 54.8 Å². The van der Waals surface area contributed by atoms with E-state index in [2.05, 4.69) is 143 Å². The van der Waals surface area contributed by atoms with E-state index in [1.807, 2.05) is 0 Å². The fourth-order valence-corrected chi connectivity index (χ4v) is 6.50. The lowest BCUT2D eigenvalue weighted by Crippen LogP contribution is -2.14. The zero-order valence-electron chi connectivity index (χ0n) is 20.9. The van der Waals surface area contributed by atoms with Crippen LogP contribution in [0.1, 0.15) is 23.6 Å². The maximum atomic E-state index is 3.80.